The molecule has 0 aliphatic rings. The highest BCUT2D eigenvalue weighted by atomic mass is 16.5. The number of hydrogen-bond acceptors (Lipinski definition) is 4. The van der Waals surface area contributed by atoms with Crippen molar-refractivity contribution >= 4 is 12.0 Å². The number of carbonyl (C=O) groups excluding carboxylic acids is 1. The normalized spacial score (nSPS) is 9.23. The third-order valence-electron chi connectivity index (χ3n) is 3.12. The van der Waals surface area contributed by atoms with E-state index in [-0.39, 0.29) is 5.57 Å². The van der Waals surface area contributed by atoms with Gasteiger partial charge in [-0.15, -0.1) is 0 Å². The first-order chi connectivity index (χ1) is 10.7. The number of benzene rings is 2. The minimum atomic E-state index is -0.393. The van der Waals surface area contributed by atoms with Gasteiger partial charge in [0.1, 0.15) is 17.7 Å². The van der Waals surface area contributed by atoms with Crippen LogP contribution in [0.4, 0.5) is 0 Å². The molecule has 0 bridgehead atoms. The molecule has 2 aromatic rings. The number of nitriles is 2. The lowest BCUT2D eigenvalue weighted by atomic mass is 9.97. The van der Waals surface area contributed by atoms with Gasteiger partial charge in [0.15, 0.2) is 0 Å². The number of hydrogen-bond donors (Lipinski definition) is 0. The molecule has 106 valence electrons. The van der Waals surface area contributed by atoms with Crippen LogP contribution in [0.1, 0.15) is 15.9 Å². The van der Waals surface area contributed by atoms with E-state index in [1.165, 1.54) is 7.11 Å². The van der Waals surface area contributed by atoms with Crippen molar-refractivity contribution < 1.29 is 9.53 Å². The summed E-state index contributed by atoms with van der Waals surface area (Å²) in [7, 11) is 1.33. The molecule has 0 saturated carbocycles. The minimum Gasteiger partial charge on any atom is -0.465 e. The molecule has 0 aromatic heterocycles. The first-order valence-electron chi connectivity index (χ1n) is 6.49. The van der Waals surface area contributed by atoms with E-state index in [2.05, 4.69) is 4.74 Å². The van der Waals surface area contributed by atoms with Crippen LogP contribution >= 0.6 is 0 Å². The SMILES string of the molecule is COC(=O)c1ccc(-c2ccccc2C=C(C#N)C#N)cc1. The third kappa shape index (κ3) is 3.20. The van der Waals surface area contributed by atoms with Crippen molar-refractivity contribution in [1.29, 1.82) is 10.5 Å². The van der Waals surface area contributed by atoms with Gasteiger partial charge in [-0.2, -0.15) is 10.5 Å². The van der Waals surface area contributed by atoms with Gasteiger partial charge in [-0.25, -0.2) is 4.79 Å². The lowest BCUT2D eigenvalue weighted by Crippen LogP contribution is -2.00. The molecule has 0 aliphatic heterocycles. The number of rotatable bonds is 3. The summed E-state index contributed by atoms with van der Waals surface area (Å²) in [6.45, 7) is 0. The van der Waals surface area contributed by atoms with Crippen molar-refractivity contribution in [3.05, 3.63) is 65.2 Å². The summed E-state index contributed by atoms with van der Waals surface area (Å²) in [4.78, 5) is 11.4. The maximum absolute atomic E-state index is 11.4. The van der Waals surface area contributed by atoms with Crippen LogP contribution in [0.25, 0.3) is 17.2 Å². The largest absolute Gasteiger partial charge is 0.465 e. The second-order valence-electron chi connectivity index (χ2n) is 4.44. The average Bonchev–Trinajstić information content (AvgIpc) is 2.59. The van der Waals surface area contributed by atoms with Gasteiger partial charge in [0.2, 0.25) is 0 Å². The van der Waals surface area contributed by atoms with Crippen molar-refractivity contribution in [2.45, 2.75) is 0 Å². The van der Waals surface area contributed by atoms with E-state index in [1.807, 2.05) is 36.4 Å². The van der Waals surface area contributed by atoms with Crippen molar-refractivity contribution in [2.24, 2.45) is 0 Å². The molecular weight excluding hydrogens is 276 g/mol. The summed E-state index contributed by atoms with van der Waals surface area (Å²) < 4.78 is 4.67. The van der Waals surface area contributed by atoms with Gasteiger partial charge in [0.25, 0.3) is 0 Å². The molecule has 0 aliphatic carbocycles. The van der Waals surface area contributed by atoms with E-state index in [9.17, 15) is 4.79 Å². The molecule has 2 rings (SSSR count). The van der Waals surface area contributed by atoms with E-state index in [1.54, 1.807) is 30.3 Å². The summed E-state index contributed by atoms with van der Waals surface area (Å²) in [5.74, 6) is -0.393. The summed E-state index contributed by atoms with van der Waals surface area (Å²) in [6.07, 6.45) is 1.55. The molecule has 0 N–H and O–H groups in total. The lowest BCUT2D eigenvalue weighted by molar-refractivity contribution is 0.0601. The Morgan fingerprint density at radius 3 is 2.27 bits per heavy atom. The molecule has 4 heteroatoms. The molecule has 4 nitrogen and oxygen atoms in total. The predicted molar refractivity (Wildman–Crippen MR) is 82.4 cm³/mol. The van der Waals surface area contributed by atoms with Gasteiger partial charge in [-0.1, -0.05) is 36.4 Å². The van der Waals surface area contributed by atoms with Crippen LogP contribution in [0.15, 0.2) is 54.1 Å². The number of nitrogens with zero attached hydrogens (tertiary/aromatic N) is 2. The van der Waals surface area contributed by atoms with E-state index >= 15 is 0 Å². The number of methoxy groups -OCH3 is 1. The second kappa shape index (κ2) is 6.88. The minimum absolute atomic E-state index is 0.0404. The van der Waals surface area contributed by atoms with Crippen molar-refractivity contribution in [2.75, 3.05) is 7.11 Å². The van der Waals surface area contributed by atoms with E-state index in [4.69, 9.17) is 10.5 Å². The highest BCUT2D eigenvalue weighted by Crippen LogP contribution is 2.26. The summed E-state index contributed by atoms with van der Waals surface area (Å²) in [6, 6.07) is 18.1. The fourth-order valence-corrected chi connectivity index (χ4v) is 2.03. The molecule has 0 radical (unpaired) electrons. The smallest absolute Gasteiger partial charge is 0.337 e. The number of carbonyl (C=O) groups is 1. The van der Waals surface area contributed by atoms with Crippen molar-refractivity contribution in [1.82, 2.24) is 0 Å². The van der Waals surface area contributed by atoms with Gasteiger partial charge in [0, 0.05) is 0 Å². The lowest BCUT2D eigenvalue weighted by Gasteiger charge is -2.07. The molecule has 0 spiro atoms. The Morgan fingerprint density at radius 1 is 1.05 bits per heavy atom. The van der Waals surface area contributed by atoms with Crippen LogP contribution < -0.4 is 0 Å². The maximum atomic E-state index is 11.4. The Hall–Kier alpha value is -3.37. The standard InChI is InChI=1S/C18H12N2O2/c1-22-18(21)15-8-6-14(7-9-15)17-5-3-2-4-16(17)10-13(11-19)12-20/h2-10H,1H3. The van der Waals surface area contributed by atoms with Crippen LogP contribution in [0.5, 0.6) is 0 Å². The third-order valence-corrected chi connectivity index (χ3v) is 3.12. The van der Waals surface area contributed by atoms with Crippen molar-refractivity contribution in [3.63, 3.8) is 0 Å². The zero-order valence-electron chi connectivity index (χ0n) is 11.9. The molecule has 0 saturated heterocycles. The number of esters is 1. The van der Waals surface area contributed by atoms with Gasteiger partial charge >= 0.3 is 5.97 Å². The molecule has 0 amide bonds. The number of ether oxygens (including phenoxy) is 1. The Kier molecular flexibility index (Phi) is 4.70. The highest BCUT2D eigenvalue weighted by molar-refractivity contribution is 5.90. The monoisotopic (exact) mass is 288 g/mol. The van der Waals surface area contributed by atoms with Crippen LogP contribution in [-0.2, 0) is 4.74 Å². The second-order valence-corrected chi connectivity index (χ2v) is 4.44. The zero-order valence-corrected chi connectivity index (χ0v) is 11.9. The molecule has 2 aromatic carbocycles. The molecule has 0 heterocycles. The molecule has 0 atom stereocenters. The Balaban J connectivity index is 2.46. The molecule has 0 unspecified atom stereocenters. The summed E-state index contributed by atoms with van der Waals surface area (Å²) in [5, 5.41) is 17.8. The fourth-order valence-electron chi connectivity index (χ4n) is 2.03. The van der Waals surface area contributed by atoms with Gasteiger partial charge < -0.3 is 4.74 Å². The first-order valence-corrected chi connectivity index (χ1v) is 6.49. The van der Waals surface area contributed by atoms with Gasteiger partial charge in [0.05, 0.1) is 12.7 Å². The van der Waals surface area contributed by atoms with Crippen molar-refractivity contribution in [3.8, 4) is 23.3 Å². The zero-order chi connectivity index (χ0) is 15.9. The van der Waals surface area contributed by atoms with Gasteiger partial charge in [-0.05, 0) is 34.9 Å². The average molecular weight is 288 g/mol. The van der Waals surface area contributed by atoms with Crippen LogP contribution in [0.2, 0.25) is 0 Å². The molecule has 22 heavy (non-hydrogen) atoms. The van der Waals surface area contributed by atoms with Crippen LogP contribution in [0.3, 0.4) is 0 Å². The van der Waals surface area contributed by atoms with Gasteiger partial charge in [-0.3, -0.25) is 0 Å². The fraction of sp³-hybridized carbons (Fsp3) is 0.0556. The first kappa shape index (κ1) is 15.0. The van der Waals surface area contributed by atoms with Crippen LogP contribution in [-0.4, -0.2) is 13.1 Å². The number of allylic oxidation sites excluding steroid dienone is 1. The Labute approximate surface area is 128 Å². The predicted octanol–water partition coefficient (Wildman–Crippen LogP) is 3.57. The summed E-state index contributed by atoms with van der Waals surface area (Å²) >= 11 is 0. The Morgan fingerprint density at radius 2 is 1.68 bits per heavy atom. The maximum Gasteiger partial charge on any atom is 0.337 e. The van der Waals surface area contributed by atoms with E-state index < -0.39 is 5.97 Å². The molecular formula is C18H12N2O2. The van der Waals surface area contributed by atoms with E-state index in [0.717, 1.165) is 16.7 Å². The van der Waals surface area contributed by atoms with E-state index in [0.29, 0.717) is 5.56 Å². The highest BCUT2D eigenvalue weighted by Gasteiger charge is 2.07. The molecule has 0 fully saturated rings. The summed E-state index contributed by atoms with van der Waals surface area (Å²) in [5.41, 5.74) is 3.04. The van der Waals surface area contributed by atoms with Crippen LogP contribution in [0, 0.1) is 22.7 Å². The topological polar surface area (TPSA) is 73.9 Å². The Bertz CT molecular complexity index is 790. The quantitative estimate of drug-likeness (QED) is 0.639.